The van der Waals surface area contributed by atoms with E-state index in [0.717, 1.165) is 48.3 Å². The first-order chi connectivity index (χ1) is 18.1. The Morgan fingerprint density at radius 2 is 1.65 bits per heavy atom. The molecule has 0 radical (unpaired) electrons. The van der Waals surface area contributed by atoms with Crippen LogP contribution in [-0.2, 0) is 4.79 Å². The Balaban J connectivity index is 1.17. The molecular formula is C28H30N6O3. The fraction of sp³-hybridized carbons (Fsp3) is 0.286. The van der Waals surface area contributed by atoms with E-state index in [4.69, 9.17) is 9.47 Å². The number of piperidine rings is 1. The molecule has 1 fully saturated rings. The van der Waals surface area contributed by atoms with Gasteiger partial charge in [0.2, 0.25) is 11.7 Å². The molecule has 1 aromatic heterocycles. The van der Waals surface area contributed by atoms with Crippen molar-refractivity contribution in [2.45, 2.75) is 18.9 Å². The molecule has 0 unspecified atom stereocenters. The van der Waals surface area contributed by atoms with Crippen molar-refractivity contribution in [2.24, 2.45) is 0 Å². The van der Waals surface area contributed by atoms with E-state index in [1.807, 2.05) is 72.8 Å². The number of rotatable bonds is 8. The molecule has 1 aliphatic heterocycles. The summed E-state index contributed by atoms with van der Waals surface area (Å²) in [6.45, 7) is 1.91. The minimum Gasteiger partial charge on any atom is -0.493 e. The van der Waals surface area contributed by atoms with E-state index in [9.17, 15) is 4.79 Å². The summed E-state index contributed by atoms with van der Waals surface area (Å²) in [5.41, 5.74) is 3.72. The van der Waals surface area contributed by atoms with Crippen LogP contribution in [0.3, 0.4) is 0 Å². The largest absolute Gasteiger partial charge is 0.493 e. The van der Waals surface area contributed by atoms with Crippen LogP contribution in [-0.4, -0.2) is 64.9 Å². The van der Waals surface area contributed by atoms with Gasteiger partial charge in [-0.25, -0.2) is 0 Å². The van der Waals surface area contributed by atoms with Crippen LogP contribution in [0.5, 0.6) is 11.5 Å². The zero-order chi connectivity index (χ0) is 25.6. The van der Waals surface area contributed by atoms with Gasteiger partial charge in [0.15, 0.2) is 11.5 Å². The Labute approximate surface area is 216 Å². The minimum atomic E-state index is -0.0172. The topological polar surface area (TPSA) is 94.4 Å². The van der Waals surface area contributed by atoms with Crippen molar-refractivity contribution in [1.82, 2.24) is 25.1 Å². The van der Waals surface area contributed by atoms with E-state index >= 15 is 0 Å². The Morgan fingerprint density at radius 1 is 0.919 bits per heavy atom. The van der Waals surface area contributed by atoms with Gasteiger partial charge in [0.1, 0.15) is 0 Å². The van der Waals surface area contributed by atoms with Crippen LogP contribution < -0.4 is 14.8 Å². The molecule has 0 spiro atoms. The zero-order valence-corrected chi connectivity index (χ0v) is 21.0. The van der Waals surface area contributed by atoms with E-state index in [0.29, 0.717) is 23.9 Å². The zero-order valence-electron chi connectivity index (χ0n) is 21.0. The average Bonchev–Trinajstić information content (AvgIpc) is 3.44. The van der Waals surface area contributed by atoms with Crippen molar-refractivity contribution in [2.75, 3.05) is 39.2 Å². The van der Waals surface area contributed by atoms with Crippen LogP contribution in [0.4, 0.5) is 5.69 Å². The molecule has 3 aromatic carbocycles. The third-order valence-corrected chi connectivity index (χ3v) is 6.61. The maximum absolute atomic E-state index is 12.9. The molecule has 0 aliphatic carbocycles. The number of anilines is 1. The quantitative estimate of drug-likeness (QED) is 0.387. The number of methoxy groups -OCH3 is 2. The summed E-state index contributed by atoms with van der Waals surface area (Å²) in [5.74, 6) is 1.80. The van der Waals surface area contributed by atoms with Crippen LogP contribution in [0.2, 0.25) is 0 Å². The van der Waals surface area contributed by atoms with Crippen molar-refractivity contribution in [3.05, 3.63) is 72.8 Å². The highest BCUT2D eigenvalue weighted by Gasteiger charge is 2.24. The van der Waals surface area contributed by atoms with Crippen molar-refractivity contribution < 1.29 is 14.3 Å². The Bertz CT molecular complexity index is 1350. The lowest BCUT2D eigenvalue weighted by Crippen LogP contribution is -2.40. The molecule has 9 heteroatoms. The number of likely N-dealkylation sites (tertiary alicyclic amines) is 1. The molecule has 190 valence electrons. The first kappa shape index (κ1) is 24.5. The van der Waals surface area contributed by atoms with Gasteiger partial charge in [0.25, 0.3) is 0 Å². The Morgan fingerprint density at radius 3 is 2.41 bits per heavy atom. The van der Waals surface area contributed by atoms with Gasteiger partial charge < -0.3 is 14.8 Å². The van der Waals surface area contributed by atoms with Crippen molar-refractivity contribution in [1.29, 1.82) is 0 Å². The SMILES string of the molecule is COc1ccc(-c2nnn(C3CCN(CC(=O)Nc4ccccc4-c4ccccc4)CC3)n2)cc1OC. The maximum atomic E-state index is 12.9. The number of amides is 1. The molecule has 37 heavy (non-hydrogen) atoms. The highest BCUT2D eigenvalue weighted by molar-refractivity contribution is 5.96. The standard InChI is InChI=1S/C28H30N6O3/c1-36-25-13-12-21(18-26(25)37-2)28-30-32-34(31-28)22-14-16-33(17-15-22)19-27(35)29-24-11-7-6-10-23(24)20-8-4-3-5-9-20/h3-13,18,22H,14-17,19H2,1-2H3,(H,29,35). The summed E-state index contributed by atoms with van der Waals surface area (Å²) in [4.78, 5) is 16.7. The predicted octanol–water partition coefficient (Wildman–Crippen LogP) is 4.30. The Hall–Kier alpha value is -4.24. The summed E-state index contributed by atoms with van der Waals surface area (Å²) < 4.78 is 10.7. The Kier molecular flexibility index (Phi) is 7.41. The first-order valence-corrected chi connectivity index (χ1v) is 12.3. The number of aromatic nitrogens is 4. The van der Waals surface area contributed by atoms with E-state index in [1.54, 1.807) is 19.0 Å². The van der Waals surface area contributed by atoms with E-state index in [-0.39, 0.29) is 11.9 Å². The van der Waals surface area contributed by atoms with Crippen LogP contribution in [0.1, 0.15) is 18.9 Å². The number of ether oxygens (including phenoxy) is 2. The van der Waals surface area contributed by atoms with Gasteiger partial charge in [-0.3, -0.25) is 9.69 Å². The fourth-order valence-corrected chi connectivity index (χ4v) is 4.63. The highest BCUT2D eigenvalue weighted by atomic mass is 16.5. The van der Waals surface area contributed by atoms with Gasteiger partial charge in [-0.2, -0.15) is 4.80 Å². The lowest BCUT2D eigenvalue weighted by molar-refractivity contribution is -0.117. The molecule has 5 rings (SSSR count). The summed E-state index contributed by atoms with van der Waals surface area (Å²) in [6.07, 6.45) is 1.69. The first-order valence-electron chi connectivity index (χ1n) is 12.3. The summed E-state index contributed by atoms with van der Waals surface area (Å²) >= 11 is 0. The van der Waals surface area contributed by atoms with Gasteiger partial charge in [-0.1, -0.05) is 48.5 Å². The average molecular weight is 499 g/mol. The molecule has 1 aliphatic rings. The minimum absolute atomic E-state index is 0.0172. The third-order valence-electron chi connectivity index (χ3n) is 6.61. The number of nitrogens with one attached hydrogen (secondary N) is 1. The summed E-state index contributed by atoms with van der Waals surface area (Å²) in [7, 11) is 3.20. The lowest BCUT2D eigenvalue weighted by Gasteiger charge is -2.30. The number of carbonyl (C=O) groups is 1. The summed E-state index contributed by atoms with van der Waals surface area (Å²) in [5, 5.41) is 16.3. The van der Waals surface area contributed by atoms with Crippen molar-refractivity contribution in [3.8, 4) is 34.0 Å². The van der Waals surface area contributed by atoms with Crippen LogP contribution in [0.15, 0.2) is 72.8 Å². The van der Waals surface area contributed by atoms with Crippen LogP contribution >= 0.6 is 0 Å². The monoisotopic (exact) mass is 498 g/mol. The summed E-state index contributed by atoms with van der Waals surface area (Å²) in [6, 6.07) is 23.7. The number of nitrogens with zero attached hydrogens (tertiary/aromatic N) is 5. The molecule has 9 nitrogen and oxygen atoms in total. The van der Waals surface area contributed by atoms with Crippen molar-refractivity contribution in [3.63, 3.8) is 0 Å². The second-order valence-electron chi connectivity index (χ2n) is 8.97. The van der Waals surface area contributed by atoms with Gasteiger partial charge >= 0.3 is 0 Å². The van der Waals surface area contributed by atoms with E-state index in [2.05, 4.69) is 25.6 Å². The van der Waals surface area contributed by atoms with Crippen LogP contribution in [0, 0.1) is 0 Å². The normalized spacial score (nSPS) is 14.3. The number of hydrogen-bond acceptors (Lipinski definition) is 7. The molecule has 1 amide bonds. The van der Waals surface area contributed by atoms with Crippen molar-refractivity contribution >= 4 is 11.6 Å². The smallest absolute Gasteiger partial charge is 0.238 e. The molecule has 1 N–H and O–H groups in total. The maximum Gasteiger partial charge on any atom is 0.238 e. The molecule has 2 heterocycles. The number of hydrogen-bond donors (Lipinski definition) is 1. The lowest BCUT2D eigenvalue weighted by atomic mass is 10.0. The van der Waals surface area contributed by atoms with Gasteiger partial charge in [0, 0.05) is 29.9 Å². The second-order valence-corrected chi connectivity index (χ2v) is 8.97. The van der Waals surface area contributed by atoms with E-state index in [1.165, 1.54) is 0 Å². The highest BCUT2D eigenvalue weighted by Crippen LogP contribution is 2.31. The third kappa shape index (κ3) is 5.62. The van der Waals surface area contributed by atoms with E-state index < -0.39 is 0 Å². The molecule has 0 bridgehead atoms. The molecule has 0 atom stereocenters. The number of benzene rings is 3. The molecule has 0 saturated carbocycles. The van der Waals surface area contributed by atoms with Crippen LogP contribution in [0.25, 0.3) is 22.5 Å². The molecular weight excluding hydrogens is 468 g/mol. The second kappa shape index (κ2) is 11.2. The van der Waals surface area contributed by atoms with Gasteiger partial charge in [0.05, 0.1) is 26.8 Å². The fourth-order valence-electron chi connectivity index (χ4n) is 4.63. The van der Waals surface area contributed by atoms with Gasteiger partial charge in [-0.05, 0) is 47.9 Å². The number of para-hydroxylation sites is 1. The van der Waals surface area contributed by atoms with Gasteiger partial charge in [-0.15, -0.1) is 10.2 Å². The molecule has 4 aromatic rings. The predicted molar refractivity (Wildman–Crippen MR) is 142 cm³/mol. The number of carbonyl (C=O) groups excluding carboxylic acids is 1. The molecule has 1 saturated heterocycles. The number of tetrazole rings is 1.